The van der Waals surface area contributed by atoms with Crippen LogP contribution < -0.4 is 10.6 Å². The van der Waals surface area contributed by atoms with Crippen LogP contribution in [-0.4, -0.2) is 43.4 Å². The number of thiazole rings is 1. The fourth-order valence-corrected chi connectivity index (χ4v) is 4.77. The minimum Gasteiger partial charge on any atom is -0.325 e. The molecule has 118 valence electrons. The Morgan fingerprint density at radius 2 is 2.09 bits per heavy atom. The fraction of sp³-hybridized carbons (Fsp3) is 0.429. The van der Waals surface area contributed by atoms with Crippen LogP contribution in [0.1, 0.15) is 12.8 Å². The minimum absolute atomic E-state index is 0.288. The Balaban J connectivity index is 1.90. The zero-order valence-electron chi connectivity index (χ0n) is 12.1. The molecular formula is C14H17N3O3S2. The molecule has 0 spiro atoms. The molecule has 1 fully saturated rings. The highest BCUT2D eigenvalue weighted by atomic mass is 32.2. The summed E-state index contributed by atoms with van der Waals surface area (Å²) in [5.41, 5.74) is 3.10. The summed E-state index contributed by atoms with van der Waals surface area (Å²) in [6.45, 7) is 1.04. The second-order valence-electron chi connectivity index (χ2n) is 5.51. The number of piperidine rings is 1. The van der Waals surface area contributed by atoms with Gasteiger partial charge in [0.05, 0.1) is 15.7 Å². The van der Waals surface area contributed by atoms with Gasteiger partial charge in [0, 0.05) is 11.9 Å². The lowest BCUT2D eigenvalue weighted by Gasteiger charge is -2.34. The van der Waals surface area contributed by atoms with Gasteiger partial charge in [-0.25, -0.2) is 13.4 Å². The standard InChI is InChI=1S/C14H17N3O3S2/c1-22(19,20)14(4-6-15-7-5-14)13(18)17-10-2-3-12-11(8-10)16-9-21-12/h2-3,8-9,15H,4-7H2,1H3,(H,17,18). The summed E-state index contributed by atoms with van der Waals surface area (Å²) < 4.78 is 24.1. The van der Waals surface area contributed by atoms with E-state index in [1.54, 1.807) is 17.6 Å². The lowest BCUT2D eigenvalue weighted by atomic mass is 9.95. The molecule has 6 nitrogen and oxygen atoms in total. The van der Waals surface area contributed by atoms with E-state index in [0.717, 1.165) is 16.5 Å². The normalized spacial score (nSPS) is 18.2. The molecule has 0 atom stereocenters. The maximum Gasteiger partial charge on any atom is 0.245 e. The van der Waals surface area contributed by atoms with E-state index < -0.39 is 20.5 Å². The maximum atomic E-state index is 12.7. The third-order valence-corrected chi connectivity index (χ3v) is 6.95. The molecule has 2 heterocycles. The van der Waals surface area contributed by atoms with E-state index in [4.69, 9.17) is 0 Å². The van der Waals surface area contributed by atoms with E-state index in [-0.39, 0.29) is 12.8 Å². The van der Waals surface area contributed by atoms with Crippen molar-refractivity contribution in [1.82, 2.24) is 10.3 Å². The molecule has 22 heavy (non-hydrogen) atoms. The number of rotatable bonds is 3. The summed E-state index contributed by atoms with van der Waals surface area (Å²) in [5.74, 6) is -0.453. The van der Waals surface area contributed by atoms with Crippen molar-refractivity contribution >= 4 is 43.0 Å². The fourth-order valence-electron chi connectivity index (χ4n) is 2.78. The second-order valence-corrected chi connectivity index (χ2v) is 8.72. The van der Waals surface area contributed by atoms with Crippen molar-refractivity contribution in [2.75, 3.05) is 24.7 Å². The predicted octanol–water partition coefficient (Wildman–Crippen LogP) is 1.40. The highest BCUT2D eigenvalue weighted by Crippen LogP contribution is 2.30. The highest BCUT2D eigenvalue weighted by Gasteiger charge is 2.48. The number of benzene rings is 1. The summed E-state index contributed by atoms with van der Waals surface area (Å²) in [6.07, 6.45) is 1.72. The number of aromatic nitrogens is 1. The van der Waals surface area contributed by atoms with Gasteiger partial charge in [0.15, 0.2) is 14.6 Å². The van der Waals surface area contributed by atoms with Crippen LogP contribution in [-0.2, 0) is 14.6 Å². The number of carbonyl (C=O) groups excluding carboxylic acids is 1. The van der Waals surface area contributed by atoms with Crippen LogP contribution in [0.5, 0.6) is 0 Å². The molecule has 0 unspecified atom stereocenters. The number of hydrogen-bond acceptors (Lipinski definition) is 6. The smallest absolute Gasteiger partial charge is 0.245 e. The Hall–Kier alpha value is -1.51. The van der Waals surface area contributed by atoms with E-state index >= 15 is 0 Å². The molecule has 1 saturated heterocycles. The van der Waals surface area contributed by atoms with Gasteiger partial charge >= 0.3 is 0 Å². The Kier molecular flexibility index (Phi) is 3.92. The van der Waals surface area contributed by atoms with Crippen molar-refractivity contribution in [3.63, 3.8) is 0 Å². The molecule has 2 aromatic rings. The number of amides is 1. The molecule has 1 aromatic carbocycles. The summed E-state index contributed by atoms with van der Waals surface area (Å²) in [7, 11) is -3.50. The minimum atomic E-state index is -3.50. The first-order valence-corrected chi connectivity index (χ1v) is 9.74. The van der Waals surface area contributed by atoms with Crippen LogP contribution in [0, 0.1) is 0 Å². The van der Waals surface area contributed by atoms with Crippen molar-refractivity contribution in [2.24, 2.45) is 0 Å². The lowest BCUT2D eigenvalue weighted by Crippen LogP contribution is -2.55. The van der Waals surface area contributed by atoms with Crippen molar-refractivity contribution < 1.29 is 13.2 Å². The van der Waals surface area contributed by atoms with Crippen molar-refractivity contribution in [3.8, 4) is 0 Å². The number of nitrogens with one attached hydrogen (secondary N) is 2. The highest BCUT2D eigenvalue weighted by molar-refractivity contribution is 7.92. The van der Waals surface area contributed by atoms with Crippen LogP contribution in [0.3, 0.4) is 0 Å². The SMILES string of the molecule is CS(=O)(=O)C1(C(=O)Nc2ccc3scnc3c2)CCNCC1. The number of anilines is 1. The first-order chi connectivity index (χ1) is 10.4. The Bertz CT molecular complexity index is 808. The summed E-state index contributed by atoms with van der Waals surface area (Å²) in [5, 5.41) is 5.86. The number of hydrogen-bond donors (Lipinski definition) is 2. The molecule has 1 aromatic heterocycles. The van der Waals surface area contributed by atoms with Crippen LogP contribution >= 0.6 is 11.3 Å². The topological polar surface area (TPSA) is 88.2 Å². The molecule has 8 heteroatoms. The van der Waals surface area contributed by atoms with Crippen molar-refractivity contribution in [2.45, 2.75) is 17.6 Å². The number of sulfone groups is 1. The number of carbonyl (C=O) groups is 1. The monoisotopic (exact) mass is 339 g/mol. The van der Waals surface area contributed by atoms with Gasteiger partial charge in [-0.1, -0.05) is 0 Å². The molecule has 3 rings (SSSR count). The molecule has 0 bridgehead atoms. The van der Waals surface area contributed by atoms with Crippen molar-refractivity contribution in [3.05, 3.63) is 23.7 Å². The van der Waals surface area contributed by atoms with Gasteiger partial charge < -0.3 is 10.6 Å². The molecule has 1 aliphatic rings. The predicted molar refractivity (Wildman–Crippen MR) is 87.9 cm³/mol. The Morgan fingerprint density at radius 1 is 1.36 bits per heavy atom. The molecule has 2 N–H and O–H groups in total. The largest absolute Gasteiger partial charge is 0.325 e. The Morgan fingerprint density at radius 3 is 2.77 bits per heavy atom. The molecule has 1 aliphatic heterocycles. The van der Waals surface area contributed by atoms with E-state index in [2.05, 4.69) is 15.6 Å². The van der Waals surface area contributed by atoms with Crippen LogP contribution in [0.15, 0.2) is 23.7 Å². The zero-order valence-corrected chi connectivity index (χ0v) is 13.8. The van der Waals surface area contributed by atoms with Crippen molar-refractivity contribution in [1.29, 1.82) is 0 Å². The van der Waals surface area contributed by atoms with Gasteiger partial charge in [0.25, 0.3) is 0 Å². The lowest BCUT2D eigenvalue weighted by molar-refractivity contribution is -0.119. The van der Waals surface area contributed by atoms with Gasteiger partial charge in [0.2, 0.25) is 5.91 Å². The van der Waals surface area contributed by atoms with Gasteiger partial charge in [-0.3, -0.25) is 4.79 Å². The summed E-state index contributed by atoms with van der Waals surface area (Å²) in [4.78, 5) is 16.9. The van der Waals surface area contributed by atoms with Gasteiger partial charge in [-0.15, -0.1) is 11.3 Å². The third-order valence-electron chi connectivity index (χ3n) is 4.12. The zero-order chi connectivity index (χ0) is 15.8. The van der Waals surface area contributed by atoms with E-state index in [1.165, 1.54) is 11.3 Å². The second kappa shape index (κ2) is 5.60. The molecular weight excluding hydrogens is 322 g/mol. The summed E-state index contributed by atoms with van der Waals surface area (Å²) in [6, 6.07) is 5.41. The molecule has 0 aliphatic carbocycles. The Labute approximate surface area is 132 Å². The summed E-state index contributed by atoms with van der Waals surface area (Å²) >= 11 is 1.52. The average Bonchev–Trinajstić information content (AvgIpc) is 2.94. The number of nitrogens with zero attached hydrogens (tertiary/aromatic N) is 1. The molecule has 0 saturated carbocycles. The number of fused-ring (bicyclic) bond motifs is 1. The molecule has 1 amide bonds. The third kappa shape index (κ3) is 2.62. The first-order valence-electron chi connectivity index (χ1n) is 6.97. The van der Waals surface area contributed by atoms with E-state index in [0.29, 0.717) is 18.8 Å². The van der Waals surface area contributed by atoms with E-state index in [9.17, 15) is 13.2 Å². The van der Waals surface area contributed by atoms with Crippen LogP contribution in [0.4, 0.5) is 5.69 Å². The van der Waals surface area contributed by atoms with Gasteiger partial charge in [0.1, 0.15) is 0 Å². The van der Waals surface area contributed by atoms with Crippen LogP contribution in [0.25, 0.3) is 10.2 Å². The molecule has 0 radical (unpaired) electrons. The van der Waals surface area contributed by atoms with E-state index in [1.807, 2.05) is 6.07 Å². The quantitative estimate of drug-likeness (QED) is 0.882. The van der Waals surface area contributed by atoms with Gasteiger partial charge in [-0.05, 0) is 44.1 Å². The van der Waals surface area contributed by atoms with Gasteiger partial charge in [-0.2, -0.15) is 0 Å². The maximum absolute atomic E-state index is 12.7. The first kappa shape index (κ1) is 15.4. The van der Waals surface area contributed by atoms with Crippen LogP contribution in [0.2, 0.25) is 0 Å². The average molecular weight is 339 g/mol.